The largest absolute Gasteiger partial charge is 0.462 e. The monoisotopic (exact) mass is 474 g/mol. The van der Waals surface area contributed by atoms with Crippen molar-refractivity contribution in [3.8, 4) is 0 Å². The molecule has 7 heteroatoms. The molecule has 1 atom stereocenters. The first-order valence-corrected chi connectivity index (χ1v) is 12.2. The van der Waals surface area contributed by atoms with E-state index < -0.39 is 5.97 Å². The highest BCUT2D eigenvalue weighted by molar-refractivity contribution is 8.00. The first-order chi connectivity index (χ1) is 16.5. The molecule has 174 valence electrons. The summed E-state index contributed by atoms with van der Waals surface area (Å²) in [6, 6.07) is 22.4. The van der Waals surface area contributed by atoms with Crippen molar-refractivity contribution >= 4 is 35.2 Å². The molecule has 0 aromatic heterocycles. The summed E-state index contributed by atoms with van der Waals surface area (Å²) in [5.41, 5.74) is 4.20. The summed E-state index contributed by atoms with van der Waals surface area (Å²) in [6.07, 6.45) is 0. The maximum Gasteiger partial charge on any atom is 0.338 e. The fraction of sp³-hybridized carbons (Fsp3) is 0.222. The molecule has 6 nitrogen and oxygen atoms in total. The highest BCUT2D eigenvalue weighted by Gasteiger charge is 2.32. The highest BCUT2D eigenvalue weighted by Crippen LogP contribution is 2.39. The molecule has 1 aliphatic heterocycles. The summed E-state index contributed by atoms with van der Waals surface area (Å²) in [4.78, 5) is 39.4. The fourth-order valence-electron chi connectivity index (χ4n) is 3.88. The van der Waals surface area contributed by atoms with Crippen molar-refractivity contribution in [1.82, 2.24) is 4.90 Å². The van der Waals surface area contributed by atoms with E-state index in [1.165, 1.54) is 0 Å². The van der Waals surface area contributed by atoms with Crippen LogP contribution in [0.4, 0.5) is 5.69 Å². The van der Waals surface area contributed by atoms with Gasteiger partial charge in [-0.25, -0.2) is 4.79 Å². The molecule has 4 rings (SSSR count). The molecule has 0 aliphatic carbocycles. The van der Waals surface area contributed by atoms with E-state index in [1.54, 1.807) is 55.9 Å². The molecule has 1 saturated heterocycles. The summed E-state index contributed by atoms with van der Waals surface area (Å²) in [7, 11) is 0. The van der Waals surface area contributed by atoms with Gasteiger partial charge in [0.2, 0.25) is 5.91 Å². The first kappa shape index (κ1) is 23.6. The van der Waals surface area contributed by atoms with Gasteiger partial charge < -0.3 is 15.0 Å². The third-order valence-electron chi connectivity index (χ3n) is 5.70. The number of nitrogens with one attached hydrogen (secondary N) is 1. The van der Waals surface area contributed by atoms with E-state index in [2.05, 4.69) is 5.32 Å². The summed E-state index contributed by atoms with van der Waals surface area (Å²) < 4.78 is 5.09. The SMILES string of the molecule is CCOC(=O)c1cccc(NC(=O)c2ccc([C@@H]3SCC(=O)N3Cc3ccccc3)cc2)c1C. The van der Waals surface area contributed by atoms with E-state index in [0.717, 1.165) is 11.1 Å². The Labute approximate surface area is 203 Å². The van der Waals surface area contributed by atoms with Crippen molar-refractivity contribution in [2.75, 3.05) is 17.7 Å². The minimum absolute atomic E-state index is 0.0895. The fourth-order valence-corrected chi connectivity index (χ4v) is 5.06. The van der Waals surface area contributed by atoms with E-state index in [0.29, 0.717) is 34.7 Å². The number of carbonyl (C=O) groups excluding carboxylic acids is 3. The lowest BCUT2D eigenvalue weighted by Gasteiger charge is -2.24. The van der Waals surface area contributed by atoms with E-state index in [1.807, 2.05) is 47.4 Å². The smallest absolute Gasteiger partial charge is 0.338 e. The van der Waals surface area contributed by atoms with Crippen LogP contribution in [0.2, 0.25) is 0 Å². The van der Waals surface area contributed by atoms with Gasteiger partial charge in [0.05, 0.1) is 17.9 Å². The number of carbonyl (C=O) groups is 3. The van der Waals surface area contributed by atoms with Crippen LogP contribution in [0.1, 0.15) is 49.7 Å². The minimum atomic E-state index is -0.413. The number of anilines is 1. The summed E-state index contributed by atoms with van der Waals surface area (Å²) >= 11 is 1.59. The third-order valence-corrected chi connectivity index (χ3v) is 6.96. The molecule has 0 unspecified atom stereocenters. The molecule has 0 radical (unpaired) electrons. The van der Waals surface area contributed by atoms with E-state index in [-0.39, 0.29) is 23.8 Å². The van der Waals surface area contributed by atoms with Crippen LogP contribution in [0.5, 0.6) is 0 Å². The summed E-state index contributed by atoms with van der Waals surface area (Å²) in [5.74, 6) is -0.135. The Balaban J connectivity index is 1.47. The van der Waals surface area contributed by atoms with Gasteiger partial charge in [0.15, 0.2) is 0 Å². The predicted molar refractivity (Wildman–Crippen MR) is 134 cm³/mol. The lowest BCUT2D eigenvalue weighted by Crippen LogP contribution is -2.27. The van der Waals surface area contributed by atoms with Crippen molar-refractivity contribution in [2.45, 2.75) is 25.8 Å². The highest BCUT2D eigenvalue weighted by atomic mass is 32.2. The minimum Gasteiger partial charge on any atom is -0.462 e. The van der Waals surface area contributed by atoms with Gasteiger partial charge in [0, 0.05) is 17.8 Å². The number of esters is 1. The molecule has 1 N–H and O–H groups in total. The second-order valence-corrected chi connectivity index (χ2v) is 9.01. The van der Waals surface area contributed by atoms with Crippen LogP contribution in [-0.4, -0.2) is 35.0 Å². The van der Waals surface area contributed by atoms with E-state index in [9.17, 15) is 14.4 Å². The normalized spacial score (nSPS) is 15.3. The number of rotatable bonds is 7. The molecule has 0 spiro atoms. The molecule has 1 fully saturated rings. The average Bonchev–Trinajstić information content (AvgIpc) is 3.21. The molecule has 0 bridgehead atoms. The molecule has 3 aromatic rings. The number of hydrogen-bond acceptors (Lipinski definition) is 5. The molecule has 0 saturated carbocycles. The van der Waals surface area contributed by atoms with Crippen LogP contribution in [0.15, 0.2) is 72.8 Å². The Kier molecular flexibility index (Phi) is 7.33. The van der Waals surface area contributed by atoms with Gasteiger partial charge in [-0.1, -0.05) is 48.5 Å². The molecule has 1 aliphatic rings. The van der Waals surface area contributed by atoms with Crippen molar-refractivity contribution in [3.63, 3.8) is 0 Å². The quantitative estimate of drug-likeness (QED) is 0.477. The van der Waals surface area contributed by atoms with E-state index in [4.69, 9.17) is 4.74 Å². The Morgan fingerprint density at radius 2 is 1.76 bits per heavy atom. The summed E-state index contributed by atoms with van der Waals surface area (Å²) in [6.45, 7) is 4.37. The number of thioether (sulfide) groups is 1. The number of benzene rings is 3. The third kappa shape index (κ3) is 5.15. The van der Waals surface area contributed by atoms with Crippen molar-refractivity contribution in [1.29, 1.82) is 0 Å². The maximum absolute atomic E-state index is 12.9. The Bertz CT molecular complexity index is 1200. The predicted octanol–water partition coefficient (Wildman–Crippen LogP) is 5.20. The zero-order valence-corrected chi connectivity index (χ0v) is 19.9. The van der Waals surface area contributed by atoms with Gasteiger partial charge in [0.25, 0.3) is 5.91 Å². The Morgan fingerprint density at radius 3 is 2.47 bits per heavy atom. The van der Waals surface area contributed by atoms with Gasteiger partial charge in [-0.05, 0) is 54.8 Å². The van der Waals surface area contributed by atoms with Crippen LogP contribution >= 0.6 is 11.8 Å². The molecular weight excluding hydrogens is 448 g/mol. The molecule has 34 heavy (non-hydrogen) atoms. The van der Waals surface area contributed by atoms with Crippen LogP contribution in [0.3, 0.4) is 0 Å². The number of ether oxygens (including phenoxy) is 1. The lowest BCUT2D eigenvalue weighted by atomic mass is 10.1. The van der Waals surface area contributed by atoms with Crippen molar-refractivity contribution in [2.24, 2.45) is 0 Å². The van der Waals surface area contributed by atoms with Gasteiger partial charge in [-0.3, -0.25) is 9.59 Å². The zero-order valence-electron chi connectivity index (χ0n) is 19.1. The van der Waals surface area contributed by atoms with Crippen molar-refractivity contribution < 1.29 is 19.1 Å². The molecule has 1 heterocycles. The molecule has 2 amide bonds. The maximum atomic E-state index is 12.9. The molecule has 3 aromatic carbocycles. The molecular formula is C27H26N2O4S. The average molecular weight is 475 g/mol. The van der Waals surface area contributed by atoms with Crippen molar-refractivity contribution in [3.05, 3.63) is 101 Å². The van der Waals surface area contributed by atoms with Crippen LogP contribution in [-0.2, 0) is 16.1 Å². The van der Waals surface area contributed by atoms with Crippen LogP contribution in [0.25, 0.3) is 0 Å². The van der Waals surface area contributed by atoms with E-state index >= 15 is 0 Å². The first-order valence-electron chi connectivity index (χ1n) is 11.1. The van der Waals surface area contributed by atoms with Gasteiger partial charge in [0.1, 0.15) is 5.37 Å². The van der Waals surface area contributed by atoms with Gasteiger partial charge >= 0.3 is 5.97 Å². The van der Waals surface area contributed by atoms with Gasteiger partial charge in [-0.15, -0.1) is 11.8 Å². The number of amides is 2. The Hall–Kier alpha value is -3.58. The van der Waals surface area contributed by atoms with Gasteiger partial charge in [-0.2, -0.15) is 0 Å². The van der Waals surface area contributed by atoms with Crippen LogP contribution < -0.4 is 5.32 Å². The summed E-state index contributed by atoms with van der Waals surface area (Å²) in [5, 5.41) is 2.80. The second-order valence-electron chi connectivity index (χ2n) is 7.95. The standard InChI is InChI=1S/C27H26N2O4S/c1-3-33-27(32)22-10-7-11-23(18(22)2)28-25(31)20-12-14-21(15-13-20)26-29(24(30)17-34-26)16-19-8-5-4-6-9-19/h4-15,26H,3,16-17H2,1-2H3,(H,28,31)/t26-/m0/s1. The number of hydrogen-bond donors (Lipinski definition) is 1. The topological polar surface area (TPSA) is 75.7 Å². The Morgan fingerprint density at radius 1 is 1.03 bits per heavy atom. The zero-order chi connectivity index (χ0) is 24.1. The second kappa shape index (κ2) is 10.6. The lowest BCUT2D eigenvalue weighted by molar-refractivity contribution is -0.128. The van der Waals surface area contributed by atoms with Crippen LogP contribution in [0, 0.1) is 6.92 Å². The number of nitrogens with zero attached hydrogens (tertiary/aromatic N) is 1.